The lowest BCUT2D eigenvalue weighted by atomic mass is 10.1. The van der Waals surface area contributed by atoms with Crippen molar-refractivity contribution in [3.63, 3.8) is 0 Å². The number of hydrogen-bond acceptors (Lipinski definition) is 3. The number of phenols is 1. The van der Waals surface area contributed by atoms with E-state index in [-0.39, 0.29) is 0 Å². The lowest BCUT2D eigenvalue weighted by Crippen LogP contribution is -2.05. The van der Waals surface area contributed by atoms with Gasteiger partial charge >= 0.3 is 0 Å². The van der Waals surface area contributed by atoms with Crippen molar-refractivity contribution >= 4 is 0 Å². The molecule has 3 nitrogen and oxygen atoms in total. The van der Waals surface area contributed by atoms with Crippen molar-refractivity contribution in [2.45, 2.75) is 13.0 Å². The third-order valence-corrected chi connectivity index (χ3v) is 2.26. The summed E-state index contributed by atoms with van der Waals surface area (Å²) in [6.45, 7) is 1.43. The molecule has 0 spiro atoms. The van der Waals surface area contributed by atoms with E-state index in [4.69, 9.17) is 4.74 Å². The standard InChI is InChI=1S/C10H13NO2/c1-11-6-8-4-7-2-3-13-10(7)5-9(8)12/h4-5,11-12H,2-3,6H2,1H3. The highest BCUT2D eigenvalue weighted by atomic mass is 16.5. The second kappa shape index (κ2) is 3.26. The Morgan fingerprint density at radius 1 is 1.54 bits per heavy atom. The monoisotopic (exact) mass is 179 g/mol. The van der Waals surface area contributed by atoms with Gasteiger partial charge in [0.1, 0.15) is 11.5 Å². The Morgan fingerprint density at radius 2 is 2.38 bits per heavy atom. The molecule has 0 atom stereocenters. The Kier molecular flexibility index (Phi) is 2.10. The van der Waals surface area contributed by atoms with Gasteiger partial charge in [0.05, 0.1) is 6.61 Å². The molecule has 1 aliphatic heterocycles. The first-order valence-electron chi connectivity index (χ1n) is 4.43. The lowest BCUT2D eigenvalue weighted by molar-refractivity contribution is 0.354. The largest absolute Gasteiger partial charge is 0.507 e. The molecule has 0 saturated heterocycles. The molecule has 2 N–H and O–H groups in total. The molecule has 0 aliphatic carbocycles. The summed E-state index contributed by atoms with van der Waals surface area (Å²) in [5, 5.41) is 12.6. The fourth-order valence-corrected chi connectivity index (χ4v) is 1.60. The summed E-state index contributed by atoms with van der Waals surface area (Å²) in [6, 6.07) is 3.71. The predicted octanol–water partition coefficient (Wildman–Crippen LogP) is 1.05. The van der Waals surface area contributed by atoms with Gasteiger partial charge in [-0.2, -0.15) is 0 Å². The molecule has 1 heterocycles. The Bertz CT molecular complexity index is 323. The van der Waals surface area contributed by atoms with Gasteiger partial charge in [-0.3, -0.25) is 0 Å². The summed E-state index contributed by atoms with van der Waals surface area (Å²) in [4.78, 5) is 0. The minimum atomic E-state index is 0.315. The summed E-state index contributed by atoms with van der Waals surface area (Å²) in [6.07, 6.45) is 0.951. The summed E-state index contributed by atoms with van der Waals surface area (Å²) < 4.78 is 5.33. The van der Waals surface area contributed by atoms with Gasteiger partial charge in [0.25, 0.3) is 0 Å². The van der Waals surface area contributed by atoms with E-state index in [9.17, 15) is 5.11 Å². The van der Waals surface area contributed by atoms with Gasteiger partial charge in [0.15, 0.2) is 0 Å². The van der Waals surface area contributed by atoms with Gasteiger partial charge in [0, 0.05) is 24.6 Å². The van der Waals surface area contributed by atoms with E-state index in [0.717, 1.165) is 24.3 Å². The molecule has 0 fully saturated rings. The number of ether oxygens (including phenoxy) is 1. The fraction of sp³-hybridized carbons (Fsp3) is 0.400. The highest BCUT2D eigenvalue weighted by Crippen LogP contribution is 2.32. The molecule has 3 heteroatoms. The van der Waals surface area contributed by atoms with Gasteiger partial charge in [-0.1, -0.05) is 0 Å². The minimum Gasteiger partial charge on any atom is -0.507 e. The molecule has 1 aliphatic rings. The molecule has 0 amide bonds. The topological polar surface area (TPSA) is 41.5 Å². The molecule has 1 aromatic carbocycles. The average molecular weight is 179 g/mol. The maximum absolute atomic E-state index is 9.59. The smallest absolute Gasteiger partial charge is 0.126 e. The zero-order valence-electron chi connectivity index (χ0n) is 7.63. The van der Waals surface area contributed by atoms with Gasteiger partial charge in [-0.05, 0) is 18.7 Å². The van der Waals surface area contributed by atoms with Crippen molar-refractivity contribution in [2.24, 2.45) is 0 Å². The minimum absolute atomic E-state index is 0.315. The van der Waals surface area contributed by atoms with Crippen LogP contribution in [-0.2, 0) is 13.0 Å². The molecular weight excluding hydrogens is 166 g/mol. The van der Waals surface area contributed by atoms with E-state index >= 15 is 0 Å². The third kappa shape index (κ3) is 1.47. The van der Waals surface area contributed by atoms with Gasteiger partial charge in [0.2, 0.25) is 0 Å². The molecule has 0 aromatic heterocycles. The van der Waals surface area contributed by atoms with Crippen LogP contribution in [0.5, 0.6) is 11.5 Å². The van der Waals surface area contributed by atoms with Crippen LogP contribution in [0.3, 0.4) is 0 Å². The molecule has 2 rings (SSSR count). The molecule has 13 heavy (non-hydrogen) atoms. The number of benzene rings is 1. The number of hydrogen-bond donors (Lipinski definition) is 2. The summed E-state index contributed by atoms with van der Waals surface area (Å²) in [7, 11) is 1.86. The van der Waals surface area contributed by atoms with Crippen LogP contribution in [-0.4, -0.2) is 18.8 Å². The zero-order valence-corrected chi connectivity index (χ0v) is 7.63. The lowest BCUT2D eigenvalue weighted by Gasteiger charge is -2.06. The van der Waals surface area contributed by atoms with E-state index < -0.39 is 0 Å². The molecule has 1 aromatic rings. The quantitative estimate of drug-likeness (QED) is 0.713. The fourth-order valence-electron chi connectivity index (χ4n) is 1.60. The van der Waals surface area contributed by atoms with Gasteiger partial charge in [-0.25, -0.2) is 0 Å². The Balaban J connectivity index is 2.37. The van der Waals surface area contributed by atoms with Crippen molar-refractivity contribution in [1.82, 2.24) is 5.32 Å². The van der Waals surface area contributed by atoms with Crippen LogP contribution in [0.2, 0.25) is 0 Å². The highest BCUT2D eigenvalue weighted by molar-refractivity contribution is 5.47. The first kappa shape index (κ1) is 8.38. The number of nitrogens with one attached hydrogen (secondary N) is 1. The SMILES string of the molecule is CNCc1cc2c(cc1O)OCC2. The predicted molar refractivity (Wildman–Crippen MR) is 50.1 cm³/mol. The van der Waals surface area contributed by atoms with Crippen molar-refractivity contribution < 1.29 is 9.84 Å². The molecule has 0 unspecified atom stereocenters. The van der Waals surface area contributed by atoms with Crippen LogP contribution in [0, 0.1) is 0 Å². The highest BCUT2D eigenvalue weighted by Gasteiger charge is 2.14. The average Bonchev–Trinajstić information content (AvgIpc) is 2.52. The van der Waals surface area contributed by atoms with E-state index in [0.29, 0.717) is 12.3 Å². The Hall–Kier alpha value is -1.22. The third-order valence-electron chi connectivity index (χ3n) is 2.26. The van der Waals surface area contributed by atoms with Crippen LogP contribution in [0.4, 0.5) is 0 Å². The van der Waals surface area contributed by atoms with Gasteiger partial charge < -0.3 is 15.2 Å². The summed E-state index contributed by atoms with van der Waals surface area (Å²) >= 11 is 0. The first-order chi connectivity index (χ1) is 6.31. The maximum atomic E-state index is 9.59. The first-order valence-corrected chi connectivity index (χ1v) is 4.43. The normalized spacial score (nSPS) is 13.9. The molecule has 0 saturated carbocycles. The number of fused-ring (bicyclic) bond motifs is 1. The molecule has 0 bridgehead atoms. The summed E-state index contributed by atoms with van der Waals surface area (Å²) in [5.74, 6) is 1.15. The van der Waals surface area contributed by atoms with Crippen molar-refractivity contribution in [2.75, 3.05) is 13.7 Å². The van der Waals surface area contributed by atoms with Crippen molar-refractivity contribution in [3.8, 4) is 11.5 Å². The maximum Gasteiger partial charge on any atom is 0.126 e. The van der Waals surface area contributed by atoms with Crippen LogP contribution < -0.4 is 10.1 Å². The van der Waals surface area contributed by atoms with Crippen LogP contribution >= 0.6 is 0 Å². The van der Waals surface area contributed by atoms with E-state index in [2.05, 4.69) is 5.32 Å². The molecule has 70 valence electrons. The van der Waals surface area contributed by atoms with Gasteiger partial charge in [-0.15, -0.1) is 0 Å². The van der Waals surface area contributed by atoms with E-state index in [1.54, 1.807) is 6.07 Å². The van der Waals surface area contributed by atoms with Crippen molar-refractivity contribution in [1.29, 1.82) is 0 Å². The second-order valence-corrected chi connectivity index (χ2v) is 3.22. The van der Waals surface area contributed by atoms with E-state index in [1.165, 1.54) is 5.56 Å². The van der Waals surface area contributed by atoms with E-state index in [1.807, 2.05) is 13.1 Å². The summed E-state index contributed by atoms with van der Waals surface area (Å²) in [5.41, 5.74) is 2.13. The van der Waals surface area contributed by atoms with Crippen molar-refractivity contribution in [3.05, 3.63) is 23.3 Å². The zero-order chi connectivity index (χ0) is 9.26. The Labute approximate surface area is 77.3 Å². The van der Waals surface area contributed by atoms with Crippen LogP contribution in [0.25, 0.3) is 0 Å². The molecular formula is C10H13NO2. The number of phenolic OH excluding ortho intramolecular Hbond substituents is 1. The van der Waals surface area contributed by atoms with Crippen LogP contribution in [0.15, 0.2) is 12.1 Å². The number of rotatable bonds is 2. The molecule has 0 radical (unpaired) electrons. The second-order valence-electron chi connectivity index (χ2n) is 3.22. The number of aromatic hydroxyl groups is 1. The van der Waals surface area contributed by atoms with Crippen LogP contribution in [0.1, 0.15) is 11.1 Å². The Morgan fingerprint density at radius 3 is 3.15 bits per heavy atom.